The van der Waals surface area contributed by atoms with Crippen molar-refractivity contribution in [2.45, 2.75) is 116 Å². The number of aryl methyl sites for hydroxylation is 2. The number of cyclic esters (lactones) is 1. The van der Waals surface area contributed by atoms with Gasteiger partial charge in [-0.1, -0.05) is 63.1 Å². The van der Waals surface area contributed by atoms with E-state index in [0.717, 1.165) is 29.7 Å². The number of thiazole rings is 1. The zero-order chi connectivity index (χ0) is 33.3. The summed E-state index contributed by atoms with van der Waals surface area (Å²) in [6.45, 7) is 12.1. The Hall–Kier alpha value is -2.64. The van der Waals surface area contributed by atoms with Crippen molar-refractivity contribution in [1.29, 1.82) is 0 Å². The molecular formula is C33H45NO9S2. The Balaban J connectivity index is 1.59. The number of ether oxygens (including phenoxy) is 2. The number of benzene rings is 1. The SMILES string of the molecule is C/C(=C\c1nc(C)sc1OS(=O)(=O)c1ccc(C)cc1)[C@@H]1C[C@@H]2O[C@@H]2CCC[C@H](C)[C@H](O)[C@@H](C)C(=O)C(C)(C)[C@@H](O)CC(=O)O1. The van der Waals surface area contributed by atoms with Crippen molar-refractivity contribution in [3.8, 4) is 5.06 Å². The maximum Gasteiger partial charge on any atom is 0.340 e. The highest BCUT2D eigenvalue weighted by Crippen LogP contribution is 2.38. The fraction of sp³-hybridized carbons (Fsp3) is 0.606. The van der Waals surface area contributed by atoms with E-state index < -0.39 is 52.2 Å². The molecule has 248 valence electrons. The van der Waals surface area contributed by atoms with Gasteiger partial charge in [0.2, 0.25) is 5.06 Å². The Morgan fingerprint density at radius 2 is 1.76 bits per heavy atom. The van der Waals surface area contributed by atoms with Gasteiger partial charge in [0, 0.05) is 12.3 Å². The van der Waals surface area contributed by atoms with E-state index in [4.69, 9.17) is 13.7 Å². The molecule has 10 nitrogen and oxygen atoms in total. The first-order valence-electron chi connectivity index (χ1n) is 15.4. The largest absolute Gasteiger partial charge is 0.458 e. The highest BCUT2D eigenvalue weighted by molar-refractivity contribution is 7.87. The number of epoxide rings is 1. The smallest absolute Gasteiger partial charge is 0.340 e. The molecule has 0 unspecified atom stereocenters. The van der Waals surface area contributed by atoms with Crippen LogP contribution in [0.1, 0.15) is 83.0 Å². The number of hydrogen-bond donors (Lipinski definition) is 2. The molecule has 2 saturated heterocycles. The topological polar surface area (TPSA) is 153 Å². The number of ketones is 1. The van der Waals surface area contributed by atoms with Gasteiger partial charge in [-0.3, -0.25) is 9.59 Å². The number of nitrogens with zero attached hydrogens (tertiary/aromatic N) is 1. The van der Waals surface area contributed by atoms with Crippen molar-refractivity contribution in [2.24, 2.45) is 17.3 Å². The van der Waals surface area contributed by atoms with E-state index in [-0.39, 0.29) is 39.6 Å². The summed E-state index contributed by atoms with van der Waals surface area (Å²) >= 11 is 1.09. The number of esters is 1. The molecule has 0 spiro atoms. The molecule has 2 fully saturated rings. The van der Waals surface area contributed by atoms with Crippen LogP contribution in [0.4, 0.5) is 0 Å². The average Bonchev–Trinajstić information content (AvgIpc) is 3.62. The van der Waals surface area contributed by atoms with Gasteiger partial charge < -0.3 is 23.9 Å². The molecule has 2 N–H and O–H groups in total. The monoisotopic (exact) mass is 663 g/mol. The number of carbonyl (C=O) groups is 2. The second-order valence-electron chi connectivity index (χ2n) is 13.1. The Morgan fingerprint density at radius 3 is 2.42 bits per heavy atom. The maximum atomic E-state index is 13.3. The van der Waals surface area contributed by atoms with Crippen molar-refractivity contribution in [2.75, 3.05) is 0 Å². The van der Waals surface area contributed by atoms with E-state index in [1.165, 1.54) is 12.1 Å². The molecule has 0 bridgehead atoms. The number of fused-ring (bicyclic) bond motifs is 1. The lowest BCUT2D eigenvalue weighted by Crippen LogP contribution is -2.45. The van der Waals surface area contributed by atoms with Crippen LogP contribution in [0.5, 0.6) is 5.06 Å². The minimum atomic E-state index is -4.12. The molecule has 1 aromatic heterocycles. The van der Waals surface area contributed by atoms with Gasteiger partial charge in [-0.2, -0.15) is 8.42 Å². The number of aromatic nitrogens is 1. The predicted molar refractivity (Wildman–Crippen MR) is 170 cm³/mol. The third-order valence-corrected chi connectivity index (χ3v) is 11.2. The molecule has 0 amide bonds. The van der Waals surface area contributed by atoms with Gasteiger partial charge >= 0.3 is 16.1 Å². The van der Waals surface area contributed by atoms with Crippen LogP contribution >= 0.6 is 11.3 Å². The van der Waals surface area contributed by atoms with Gasteiger partial charge in [-0.15, -0.1) is 0 Å². The van der Waals surface area contributed by atoms with Crippen LogP contribution in [0.3, 0.4) is 0 Å². The molecule has 1 aromatic carbocycles. The Kier molecular flexibility index (Phi) is 11.0. The van der Waals surface area contributed by atoms with Gasteiger partial charge in [0.15, 0.2) is 0 Å². The van der Waals surface area contributed by atoms with E-state index >= 15 is 0 Å². The van der Waals surface area contributed by atoms with E-state index in [0.29, 0.717) is 23.4 Å². The number of carbonyl (C=O) groups excluding carboxylic acids is 2. The second-order valence-corrected chi connectivity index (χ2v) is 15.8. The number of aliphatic hydroxyl groups excluding tert-OH is 2. The molecule has 45 heavy (non-hydrogen) atoms. The average molecular weight is 664 g/mol. The molecule has 12 heteroatoms. The van der Waals surface area contributed by atoms with Gasteiger partial charge in [0.25, 0.3) is 0 Å². The molecule has 4 rings (SSSR count). The lowest BCUT2D eigenvalue weighted by Gasteiger charge is -2.34. The van der Waals surface area contributed by atoms with Crippen molar-refractivity contribution in [3.63, 3.8) is 0 Å². The van der Waals surface area contributed by atoms with Crippen LogP contribution in [-0.4, -0.2) is 65.9 Å². The summed E-state index contributed by atoms with van der Waals surface area (Å²) < 4.78 is 43.4. The third kappa shape index (κ3) is 8.59. The minimum Gasteiger partial charge on any atom is -0.458 e. The van der Waals surface area contributed by atoms with Crippen molar-refractivity contribution < 1.29 is 41.9 Å². The first-order valence-corrected chi connectivity index (χ1v) is 17.6. The molecular weight excluding hydrogens is 618 g/mol. The Morgan fingerprint density at radius 1 is 1.09 bits per heavy atom. The van der Waals surface area contributed by atoms with Gasteiger partial charge in [-0.05, 0) is 63.3 Å². The lowest BCUT2D eigenvalue weighted by atomic mass is 9.73. The minimum absolute atomic E-state index is 0.0208. The zero-order valence-corrected chi connectivity index (χ0v) is 28.6. The van der Waals surface area contributed by atoms with Crippen molar-refractivity contribution in [1.82, 2.24) is 4.98 Å². The van der Waals surface area contributed by atoms with Crippen molar-refractivity contribution in [3.05, 3.63) is 46.1 Å². The summed E-state index contributed by atoms with van der Waals surface area (Å²) in [6, 6.07) is 6.35. The fourth-order valence-electron chi connectivity index (χ4n) is 5.75. The molecule has 0 aliphatic carbocycles. The summed E-state index contributed by atoms with van der Waals surface area (Å²) in [5, 5.41) is 22.6. The summed E-state index contributed by atoms with van der Waals surface area (Å²) in [6.07, 6.45) is 0.699. The molecule has 2 aliphatic rings. The maximum absolute atomic E-state index is 13.3. The standard InChI is InChI=1S/C33H45NO9S2/c1-18-11-13-23(14-12-18)45(39,40)43-32-24(34-22(5)44-32)15-20(3)26-16-27-25(41-27)10-8-9-19(2)30(37)21(4)31(38)33(6,7)28(35)17-29(36)42-26/h11-15,19,21,25-28,30,35,37H,8-10,16-17H2,1-7H3/b20-15+/t19-,21+,25+,26-,27-,28-,30-/m0/s1. The fourth-order valence-corrected chi connectivity index (χ4v) is 7.62. The summed E-state index contributed by atoms with van der Waals surface area (Å²) in [7, 11) is -4.12. The first kappa shape index (κ1) is 35.2. The van der Waals surface area contributed by atoms with Crippen LogP contribution in [-0.2, 0) is 29.2 Å². The summed E-state index contributed by atoms with van der Waals surface area (Å²) in [4.78, 5) is 31.0. The van der Waals surface area contributed by atoms with Crippen LogP contribution in [0.15, 0.2) is 34.7 Å². The Labute approximate surface area is 269 Å². The van der Waals surface area contributed by atoms with Crippen LogP contribution in [0, 0.1) is 31.1 Å². The van der Waals surface area contributed by atoms with E-state index in [1.54, 1.807) is 52.8 Å². The number of Topliss-reactive ketones (excluding diaryl/α,β-unsaturated/α-hetero) is 1. The molecule has 7 atom stereocenters. The molecule has 2 aliphatic heterocycles. The van der Waals surface area contributed by atoms with Gasteiger partial charge in [-0.25, -0.2) is 4.98 Å². The molecule has 3 heterocycles. The second kappa shape index (κ2) is 14.0. The number of aliphatic hydroxyl groups is 2. The molecule has 0 saturated carbocycles. The number of rotatable bonds is 5. The molecule has 2 aromatic rings. The highest BCUT2D eigenvalue weighted by atomic mass is 32.2. The van der Waals surface area contributed by atoms with E-state index in [2.05, 4.69) is 4.98 Å². The van der Waals surface area contributed by atoms with E-state index in [9.17, 15) is 28.2 Å². The Bertz CT molecular complexity index is 1510. The lowest BCUT2D eigenvalue weighted by molar-refractivity contribution is -0.154. The van der Waals surface area contributed by atoms with Gasteiger partial charge in [0.1, 0.15) is 22.5 Å². The van der Waals surface area contributed by atoms with Gasteiger partial charge in [0.05, 0.1) is 41.3 Å². The van der Waals surface area contributed by atoms with Crippen LogP contribution in [0.2, 0.25) is 0 Å². The van der Waals surface area contributed by atoms with E-state index in [1.807, 2.05) is 13.8 Å². The summed E-state index contributed by atoms with van der Waals surface area (Å²) in [5.41, 5.74) is 0.500. The zero-order valence-electron chi connectivity index (χ0n) is 27.0. The normalized spacial score (nSPS) is 30.3. The predicted octanol–water partition coefficient (Wildman–Crippen LogP) is 5.16. The van der Waals surface area contributed by atoms with Crippen molar-refractivity contribution >= 4 is 39.3 Å². The highest BCUT2D eigenvalue weighted by Gasteiger charge is 2.44. The molecule has 0 radical (unpaired) electrons. The number of hydrogen-bond acceptors (Lipinski definition) is 11. The quantitative estimate of drug-likeness (QED) is 0.249. The first-order chi connectivity index (χ1) is 21.0. The third-order valence-electron chi connectivity index (χ3n) is 8.99. The van der Waals surface area contributed by atoms with Crippen LogP contribution < -0.4 is 4.18 Å². The van der Waals surface area contributed by atoms with Crippen LogP contribution in [0.25, 0.3) is 6.08 Å². The summed E-state index contributed by atoms with van der Waals surface area (Å²) in [5.74, 6) is -1.86.